The Kier molecular flexibility index (Phi) is 4.63. The second-order valence-corrected chi connectivity index (χ2v) is 11.5. The predicted octanol–water partition coefficient (Wildman–Crippen LogP) is 11.0. The van der Waals surface area contributed by atoms with Crippen molar-refractivity contribution in [3.8, 4) is 0 Å². The highest BCUT2D eigenvalue weighted by Gasteiger charge is 2.19. The molecule has 3 heteroatoms. The molecule has 2 aromatic heterocycles. The van der Waals surface area contributed by atoms with E-state index < -0.39 is 0 Å². The van der Waals surface area contributed by atoms with Gasteiger partial charge in [-0.1, -0.05) is 72.8 Å². The lowest BCUT2D eigenvalue weighted by molar-refractivity contribution is 1.31. The number of hydrogen-bond donors (Lipinski definition) is 0. The molecule has 0 aliphatic carbocycles. The van der Waals surface area contributed by atoms with Gasteiger partial charge in [0.25, 0.3) is 0 Å². The maximum Gasteiger partial charge on any atom is 0.0554 e. The summed E-state index contributed by atoms with van der Waals surface area (Å²) in [5.41, 5.74) is 3.54. The Hall–Kier alpha value is -4.18. The summed E-state index contributed by atoms with van der Waals surface area (Å²) >= 11 is 3.74. The highest BCUT2D eigenvalue weighted by Crippen LogP contribution is 2.46. The molecule has 8 rings (SSSR count). The molecule has 0 saturated heterocycles. The van der Waals surface area contributed by atoms with Gasteiger partial charge in [0.05, 0.1) is 5.69 Å². The van der Waals surface area contributed by atoms with E-state index in [9.17, 15) is 0 Å². The molecule has 0 spiro atoms. The third-order valence-electron chi connectivity index (χ3n) is 7.24. The van der Waals surface area contributed by atoms with Crippen LogP contribution in [0.15, 0.2) is 127 Å². The second kappa shape index (κ2) is 8.17. The highest BCUT2D eigenvalue weighted by atomic mass is 32.1. The molecule has 0 aliphatic rings. The number of fused-ring (bicyclic) bond motifs is 8. The van der Waals surface area contributed by atoms with E-state index in [4.69, 9.17) is 0 Å². The summed E-state index contributed by atoms with van der Waals surface area (Å²) < 4.78 is 5.32. The first-order valence-corrected chi connectivity index (χ1v) is 14.1. The van der Waals surface area contributed by atoms with Crippen molar-refractivity contribution in [2.75, 3.05) is 4.90 Å². The fourth-order valence-electron chi connectivity index (χ4n) is 5.63. The summed E-state index contributed by atoms with van der Waals surface area (Å²) in [4.78, 5) is 2.41. The Labute approximate surface area is 222 Å². The molecule has 0 bridgehead atoms. The van der Waals surface area contributed by atoms with Crippen LogP contribution in [0.5, 0.6) is 0 Å². The molecule has 2 heterocycles. The molecule has 0 atom stereocenters. The summed E-state index contributed by atoms with van der Waals surface area (Å²) in [6.07, 6.45) is 0. The van der Waals surface area contributed by atoms with Gasteiger partial charge >= 0.3 is 0 Å². The molecule has 37 heavy (non-hydrogen) atoms. The molecule has 174 valence electrons. The maximum atomic E-state index is 2.41. The first-order valence-electron chi connectivity index (χ1n) is 12.4. The van der Waals surface area contributed by atoms with Crippen LogP contribution in [0.4, 0.5) is 17.1 Å². The Bertz CT molecular complexity index is 2100. The molecule has 0 radical (unpaired) electrons. The third kappa shape index (κ3) is 3.21. The lowest BCUT2D eigenvalue weighted by Gasteiger charge is -2.27. The molecule has 0 N–H and O–H groups in total. The van der Waals surface area contributed by atoms with Crippen LogP contribution in [0, 0.1) is 0 Å². The zero-order valence-corrected chi connectivity index (χ0v) is 21.5. The Balaban J connectivity index is 1.41. The van der Waals surface area contributed by atoms with Crippen molar-refractivity contribution in [3.63, 3.8) is 0 Å². The van der Waals surface area contributed by atoms with Crippen molar-refractivity contribution in [1.82, 2.24) is 0 Å². The number of para-hydroxylation sites is 1. The number of rotatable bonds is 3. The van der Waals surface area contributed by atoms with Crippen LogP contribution in [0.1, 0.15) is 0 Å². The van der Waals surface area contributed by atoms with E-state index in [-0.39, 0.29) is 0 Å². The van der Waals surface area contributed by atoms with E-state index in [1.165, 1.54) is 62.5 Å². The molecule has 1 nitrogen and oxygen atoms in total. The van der Waals surface area contributed by atoms with Gasteiger partial charge in [-0.25, -0.2) is 0 Å². The zero-order chi connectivity index (χ0) is 24.3. The molecular formula is C34H21NS2. The Morgan fingerprint density at radius 3 is 1.84 bits per heavy atom. The van der Waals surface area contributed by atoms with Crippen LogP contribution in [0.2, 0.25) is 0 Å². The predicted molar refractivity (Wildman–Crippen MR) is 164 cm³/mol. The average Bonchev–Trinajstić information content (AvgIpc) is 3.53. The SMILES string of the molecule is c1ccc(N(c2ccc3c(ccc4sc5ccccc5c43)c2)c2cccc3sc4ccccc4c23)cc1. The molecule has 0 fully saturated rings. The minimum absolute atomic E-state index is 1.16. The van der Waals surface area contributed by atoms with E-state index in [0.717, 1.165) is 5.69 Å². The normalized spacial score (nSPS) is 11.8. The fraction of sp³-hybridized carbons (Fsp3) is 0. The van der Waals surface area contributed by atoms with Crippen LogP contribution in [0.3, 0.4) is 0 Å². The van der Waals surface area contributed by atoms with E-state index in [1.54, 1.807) is 0 Å². The first kappa shape index (κ1) is 21.0. The van der Waals surface area contributed by atoms with Gasteiger partial charge in [0.15, 0.2) is 0 Å². The zero-order valence-electron chi connectivity index (χ0n) is 19.9. The molecular weight excluding hydrogens is 487 g/mol. The van der Waals surface area contributed by atoms with E-state index in [0.29, 0.717) is 0 Å². The number of hydrogen-bond acceptors (Lipinski definition) is 3. The standard InChI is InChI=1S/C34H21NS2/c1-2-9-23(10-3-1)35(28-13-8-16-31-34(28)27-12-5-7-15-30(27)36-31)24-18-19-25-22(21-24)17-20-32-33(25)26-11-4-6-14-29(26)37-32/h1-21H. The second-order valence-electron chi connectivity index (χ2n) is 9.36. The van der Waals surface area contributed by atoms with Crippen LogP contribution in [-0.2, 0) is 0 Å². The number of anilines is 3. The summed E-state index contributed by atoms with van der Waals surface area (Å²) in [7, 11) is 0. The lowest BCUT2D eigenvalue weighted by Crippen LogP contribution is -2.10. The number of nitrogens with zero attached hydrogens (tertiary/aromatic N) is 1. The minimum atomic E-state index is 1.16. The van der Waals surface area contributed by atoms with Crippen LogP contribution >= 0.6 is 22.7 Å². The average molecular weight is 508 g/mol. The quantitative estimate of drug-likeness (QED) is 0.230. The minimum Gasteiger partial charge on any atom is -0.310 e. The van der Waals surface area contributed by atoms with Gasteiger partial charge in [-0.05, 0) is 65.4 Å². The Morgan fingerprint density at radius 1 is 0.405 bits per heavy atom. The smallest absolute Gasteiger partial charge is 0.0554 e. The summed E-state index contributed by atoms with van der Waals surface area (Å²) in [5.74, 6) is 0. The highest BCUT2D eigenvalue weighted by molar-refractivity contribution is 7.26. The van der Waals surface area contributed by atoms with E-state index in [1.807, 2.05) is 22.7 Å². The van der Waals surface area contributed by atoms with Crippen LogP contribution in [-0.4, -0.2) is 0 Å². The largest absolute Gasteiger partial charge is 0.310 e. The van der Waals surface area contributed by atoms with Crippen molar-refractivity contribution < 1.29 is 0 Å². The number of benzene rings is 6. The van der Waals surface area contributed by atoms with Gasteiger partial charge in [0.2, 0.25) is 0 Å². The van der Waals surface area contributed by atoms with Gasteiger partial charge in [-0.3, -0.25) is 0 Å². The number of thiophene rings is 2. The lowest BCUT2D eigenvalue weighted by atomic mass is 10.0. The summed E-state index contributed by atoms with van der Waals surface area (Å²) in [6.45, 7) is 0. The van der Waals surface area contributed by atoms with Gasteiger partial charge in [-0.15, -0.1) is 22.7 Å². The third-order valence-corrected chi connectivity index (χ3v) is 9.51. The molecule has 0 unspecified atom stereocenters. The van der Waals surface area contributed by atoms with Crippen molar-refractivity contribution in [2.45, 2.75) is 0 Å². The molecule has 6 aromatic carbocycles. The van der Waals surface area contributed by atoms with Gasteiger partial charge in [0.1, 0.15) is 0 Å². The van der Waals surface area contributed by atoms with E-state index >= 15 is 0 Å². The monoisotopic (exact) mass is 507 g/mol. The van der Waals surface area contributed by atoms with Crippen molar-refractivity contribution in [3.05, 3.63) is 127 Å². The van der Waals surface area contributed by atoms with E-state index in [2.05, 4.69) is 132 Å². The molecule has 0 saturated carbocycles. The van der Waals surface area contributed by atoms with Crippen LogP contribution < -0.4 is 4.90 Å². The van der Waals surface area contributed by atoms with Crippen molar-refractivity contribution in [1.29, 1.82) is 0 Å². The maximum absolute atomic E-state index is 2.41. The Morgan fingerprint density at radius 2 is 1.05 bits per heavy atom. The van der Waals surface area contributed by atoms with Gasteiger partial charge < -0.3 is 4.90 Å². The first-order chi connectivity index (χ1) is 18.3. The molecule has 0 amide bonds. The molecule has 0 aliphatic heterocycles. The van der Waals surface area contributed by atoms with Crippen molar-refractivity contribution in [2.24, 2.45) is 0 Å². The summed E-state index contributed by atoms with van der Waals surface area (Å²) in [5, 5.41) is 7.90. The van der Waals surface area contributed by atoms with Gasteiger partial charge in [-0.2, -0.15) is 0 Å². The fourth-order valence-corrected chi connectivity index (χ4v) is 7.87. The topological polar surface area (TPSA) is 3.24 Å². The summed E-state index contributed by atoms with van der Waals surface area (Å²) in [6, 6.07) is 46.4. The van der Waals surface area contributed by atoms with Gasteiger partial charge in [0, 0.05) is 51.7 Å². The molecule has 8 aromatic rings. The van der Waals surface area contributed by atoms with Crippen molar-refractivity contribution >= 4 is 90.9 Å². The van der Waals surface area contributed by atoms with Crippen LogP contribution in [0.25, 0.3) is 51.1 Å².